The number of alkyl halides is 1. The average molecular weight is 235 g/mol. The van der Waals surface area contributed by atoms with E-state index in [9.17, 15) is 14.0 Å². The molecule has 0 saturated carbocycles. The zero-order valence-corrected chi connectivity index (χ0v) is 8.45. The molecule has 0 radical (unpaired) electrons. The van der Waals surface area contributed by atoms with Crippen LogP contribution in [-0.2, 0) is 9.59 Å². The Balaban J connectivity index is 3.43. The van der Waals surface area contributed by atoms with E-state index in [1.54, 1.807) is 0 Å². The molecule has 0 aliphatic heterocycles. The van der Waals surface area contributed by atoms with Crippen LogP contribution < -0.4 is 0 Å². The number of rotatable bonds is 2. The van der Waals surface area contributed by atoms with Crippen molar-refractivity contribution in [1.29, 1.82) is 0 Å². The molecule has 15 heavy (non-hydrogen) atoms. The van der Waals surface area contributed by atoms with Crippen molar-refractivity contribution >= 4 is 23.5 Å². The van der Waals surface area contributed by atoms with E-state index in [-0.39, 0.29) is 0 Å². The fourth-order valence-corrected chi connectivity index (χ4v) is 1.70. The number of carbonyl (C=O) groups is 2. The molecule has 0 bridgehead atoms. The van der Waals surface area contributed by atoms with Gasteiger partial charge in [-0.25, -0.2) is 9.18 Å². The number of aliphatic carboxylic acids is 2. The number of carboxylic acids is 2. The second kappa shape index (κ2) is 3.34. The van der Waals surface area contributed by atoms with Gasteiger partial charge in [-0.2, -0.15) is 0 Å². The van der Waals surface area contributed by atoms with E-state index in [0.717, 1.165) is 19.1 Å². The van der Waals surface area contributed by atoms with E-state index in [2.05, 4.69) is 0 Å². The van der Waals surface area contributed by atoms with E-state index >= 15 is 0 Å². The Labute approximate surface area is 89.7 Å². The summed E-state index contributed by atoms with van der Waals surface area (Å²) in [6.45, 7) is 0.968. The summed E-state index contributed by atoms with van der Waals surface area (Å²) in [4.78, 5) is 21.7. The summed E-state index contributed by atoms with van der Waals surface area (Å²) in [5.74, 6) is -3.51. The fourth-order valence-electron chi connectivity index (χ4n) is 1.35. The zero-order chi connectivity index (χ0) is 11.9. The first-order valence-electron chi connectivity index (χ1n) is 3.98. The molecule has 0 fully saturated rings. The Hall–Kier alpha value is -1.36. The maximum absolute atomic E-state index is 14.2. The van der Waals surface area contributed by atoms with E-state index in [4.69, 9.17) is 21.8 Å². The molecule has 2 N–H and O–H groups in total. The van der Waals surface area contributed by atoms with Crippen LogP contribution in [0.1, 0.15) is 6.92 Å². The number of hydrogen-bond acceptors (Lipinski definition) is 2. The van der Waals surface area contributed by atoms with Gasteiger partial charge >= 0.3 is 11.9 Å². The molecule has 4 nitrogen and oxygen atoms in total. The van der Waals surface area contributed by atoms with E-state index < -0.39 is 28.1 Å². The number of halogens is 2. The van der Waals surface area contributed by atoms with Crippen LogP contribution in [0.5, 0.6) is 0 Å². The summed E-state index contributed by atoms with van der Waals surface area (Å²) in [6.07, 6.45) is 3.22. The molecule has 1 aliphatic carbocycles. The van der Waals surface area contributed by atoms with Crippen LogP contribution >= 0.6 is 11.6 Å². The minimum atomic E-state index is -3.13. The van der Waals surface area contributed by atoms with Crippen LogP contribution in [0.4, 0.5) is 4.39 Å². The Kier molecular flexibility index (Phi) is 2.61. The molecule has 0 aromatic carbocycles. The Bertz CT molecular complexity index is 390. The molecule has 0 amide bonds. The molecule has 2 atom stereocenters. The molecule has 0 aromatic heterocycles. The van der Waals surface area contributed by atoms with Crippen molar-refractivity contribution in [1.82, 2.24) is 0 Å². The molecule has 82 valence electrons. The SMILES string of the molecule is CC1(C(=O)O)C=CC=C(Cl)C1(F)C(=O)O. The van der Waals surface area contributed by atoms with Crippen LogP contribution in [0.15, 0.2) is 23.3 Å². The molecular weight excluding hydrogens is 227 g/mol. The summed E-state index contributed by atoms with van der Waals surface area (Å²) in [7, 11) is 0. The van der Waals surface area contributed by atoms with E-state index in [1.165, 1.54) is 6.08 Å². The standard InChI is InChI=1S/C9H8ClFO4/c1-8(6(12)13)4-2-3-5(10)9(8,11)7(14)15/h2-4H,1H3,(H,12,13)(H,14,15). The van der Waals surface area contributed by atoms with Crippen LogP contribution in [0, 0.1) is 5.41 Å². The second-order valence-corrected chi connectivity index (χ2v) is 3.75. The van der Waals surface area contributed by atoms with Crippen molar-refractivity contribution in [2.75, 3.05) is 0 Å². The lowest BCUT2D eigenvalue weighted by Crippen LogP contribution is -2.53. The highest BCUT2D eigenvalue weighted by molar-refractivity contribution is 6.33. The fraction of sp³-hybridized carbons (Fsp3) is 0.333. The Morgan fingerprint density at radius 3 is 2.27 bits per heavy atom. The minimum absolute atomic E-state index is 0.651. The maximum atomic E-state index is 14.2. The second-order valence-electron chi connectivity index (χ2n) is 3.34. The Morgan fingerprint density at radius 1 is 1.40 bits per heavy atom. The molecule has 0 heterocycles. The van der Waals surface area contributed by atoms with Crippen molar-refractivity contribution < 1.29 is 24.2 Å². The third-order valence-electron chi connectivity index (χ3n) is 2.46. The van der Waals surface area contributed by atoms with Crippen LogP contribution in [0.3, 0.4) is 0 Å². The summed E-state index contributed by atoms with van der Waals surface area (Å²) in [5.41, 5.74) is -5.33. The highest BCUT2D eigenvalue weighted by Crippen LogP contribution is 2.46. The molecular formula is C9H8ClFO4. The molecule has 6 heteroatoms. The third kappa shape index (κ3) is 1.34. The topological polar surface area (TPSA) is 74.6 Å². The van der Waals surface area contributed by atoms with Gasteiger partial charge in [0.15, 0.2) is 0 Å². The quantitative estimate of drug-likeness (QED) is 0.760. The van der Waals surface area contributed by atoms with Gasteiger partial charge in [0.05, 0.1) is 5.03 Å². The van der Waals surface area contributed by atoms with Crippen molar-refractivity contribution in [2.45, 2.75) is 12.6 Å². The van der Waals surface area contributed by atoms with Gasteiger partial charge < -0.3 is 10.2 Å². The first-order chi connectivity index (χ1) is 6.76. The largest absolute Gasteiger partial charge is 0.480 e. The minimum Gasteiger partial charge on any atom is -0.480 e. The monoisotopic (exact) mass is 234 g/mol. The number of carboxylic acid groups (broad SMARTS) is 2. The van der Waals surface area contributed by atoms with Gasteiger partial charge in [0.2, 0.25) is 0 Å². The first-order valence-corrected chi connectivity index (χ1v) is 4.36. The van der Waals surface area contributed by atoms with Crippen LogP contribution in [-0.4, -0.2) is 27.8 Å². The smallest absolute Gasteiger partial charge is 0.348 e. The Morgan fingerprint density at radius 2 is 1.93 bits per heavy atom. The van der Waals surface area contributed by atoms with Gasteiger partial charge in [-0.3, -0.25) is 4.79 Å². The van der Waals surface area contributed by atoms with Gasteiger partial charge in [0.1, 0.15) is 5.41 Å². The van der Waals surface area contributed by atoms with Crippen molar-refractivity contribution in [3.8, 4) is 0 Å². The van der Waals surface area contributed by atoms with Gasteiger partial charge in [0, 0.05) is 0 Å². The van der Waals surface area contributed by atoms with Crippen LogP contribution in [0.2, 0.25) is 0 Å². The number of hydrogen-bond donors (Lipinski definition) is 2. The summed E-state index contributed by atoms with van der Waals surface area (Å²) in [5, 5.41) is 17.0. The van der Waals surface area contributed by atoms with Gasteiger partial charge in [-0.1, -0.05) is 23.8 Å². The predicted molar refractivity (Wildman–Crippen MR) is 50.3 cm³/mol. The van der Waals surface area contributed by atoms with Gasteiger partial charge in [0.25, 0.3) is 5.67 Å². The lowest BCUT2D eigenvalue weighted by atomic mass is 9.71. The predicted octanol–water partition coefficient (Wildman–Crippen LogP) is 1.56. The highest BCUT2D eigenvalue weighted by atomic mass is 35.5. The molecule has 2 unspecified atom stereocenters. The third-order valence-corrected chi connectivity index (χ3v) is 2.84. The highest BCUT2D eigenvalue weighted by Gasteiger charge is 2.62. The lowest BCUT2D eigenvalue weighted by Gasteiger charge is -2.35. The molecule has 1 aliphatic rings. The van der Waals surface area contributed by atoms with Gasteiger partial charge in [-0.05, 0) is 13.0 Å². The lowest BCUT2D eigenvalue weighted by molar-refractivity contribution is -0.166. The van der Waals surface area contributed by atoms with E-state index in [1.807, 2.05) is 0 Å². The van der Waals surface area contributed by atoms with Crippen molar-refractivity contribution in [3.05, 3.63) is 23.3 Å². The summed E-state index contributed by atoms with van der Waals surface area (Å²) in [6, 6.07) is 0. The summed E-state index contributed by atoms with van der Waals surface area (Å²) < 4.78 is 14.2. The number of allylic oxidation sites excluding steroid dienone is 2. The maximum Gasteiger partial charge on any atom is 0.348 e. The van der Waals surface area contributed by atoms with Crippen molar-refractivity contribution in [2.24, 2.45) is 5.41 Å². The van der Waals surface area contributed by atoms with Crippen LogP contribution in [0.25, 0.3) is 0 Å². The normalized spacial score (nSPS) is 34.7. The molecule has 0 saturated heterocycles. The average Bonchev–Trinajstić information content (AvgIpc) is 2.13. The van der Waals surface area contributed by atoms with Crippen molar-refractivity contribution in [3.63, 3.8) is 0 Å². The first kappa shape index (κ1) is 11.7. The molecule has 0 spiro atoms. The molecule has 0 aromatic rings. The molecule has 1 rings (SSSR count). The van der Waals surface area contributed by atoms with E-state index in [0.29, 0.717) is 0 Å². The van der Waals surface area contributed by atoms with Gasteiger partial charge in [-0.15, -0.1) is 0 Å². The zero-order valence-electron chi connectivity index (χ0n) is 7.70. The summed E-state index contributed by atoms with van der Waals surface area (Å²) >= 11 is 5.44.